The Bertz CT molecular complexity index is 684. The van der Waals surface area contributed by atoms with Crippen LogP contribution in [0.3, 0.4) is 0 Å². The minimum absolute atomic E-state index is 0.000145. The highest BCUT2D eigenvalue weighted by atomic mass is 35.5. The average molecular weight is 328 g/mol. The number of hydrogen-bond acceptors (Lipinski definition) is 6. The SMILES string of the molecule is COC(=O)Cn1ncc(NC(C)c2cccs2)c(Cl)c1=O. The topological polar surface area (TPSA) is 73.2 Å². The van der Waals surface area contributed by atoms with Crippen LogP contribution in [0.4, 0.5) is 5.69 Å². The van der Waals surface area contributed by atoms with Gasteiger partial charge in [-0.2, -0.15) is 5.10 Å². The smallest absolute Gasteiger partial charge is 0.327 e. The summed E-state index contributed by atoms with van der Waals surface area (Å²) < 4.78 is 5.46. The Kier molecular flexibility index (Phi) is 4.98. The lowest BCUT2D eigenvalue weighted by molar-refractivity contribution is -0.141. The normalized spacial score (nSPS) is 12.0. The number of anilines is 1. The second kappa shape index (κ2) is 6.73. The number of hydrogen-bond donors (Lipinski definition) is 1. The van der Waals surface area contributed by atoms with Gasteiger partial charge in [-0.15, -0.1) is 11.3 Å². The van der Waals surface area contributed by atoms with Crippen molar-refractivity contribution in [2.45, 2.75) is 19.5 Å². The van der Waals surface area contributed by atoms with Crippen molar-refractivity contribution in [3.05, 3.63) is 44.0 Å². The number of ether oxygens (including phenoxy) is 1. The van der Waals surface area contributed by atoms with E-state index < -0.39 is 11.5 Å². The van der Waals surface area contributed by atoms with E-state index in [-0.39, 0.29) is 17.6 Å². The van der Waals surface area contributed by atoms with Crippen molar-refractivity contribution >= 4 is 34.6 Å². The number of carbonyl (C=O) groups is 1. The van der Waals surface area contributed by atoms with Crippen LogP contribution in [-0.4, -0.2) is 22.9 Å². The number of halogens is 1. The number of nitrogens with zero attached hydrogens (tertiary/aromatic N) is 2. The van der Waals surface area contributed by atoms with E-state index in [1.54, 1.807) is 11.3 Å². The molecule has 2 rings (SSSR count). The van der Waals surface area contributed by atoms with Gasteiger partial charge in [0.1, 0.15) is 11.6 Å². The first-order valence-corrected chi connectivity index (χ1v) is 7.41. The lowest BCUT2D eigenvalue weighted by Gasteiger charge is -2.15. The first-order valence-electron chi connectivity index (χ1n) is 6.15. The van der Waals surface area contributed by atoms with Gasteiger partial charge < -0.3 is 10.1 Å². The van der Waals surface area contributed by atoms with E-state index in [2.05, 4.69) is 15.2 Å². The third kappa shape index (κ3) is 3.62. The molecule has 0 aliphatic rings. The van der Waals surface area contributed by atoms with Crippen LogP contribution in [0.1, 0.15) is 17.8 Å². The monoisotopic (exact) mass is 327 g/mol. The Balaban J connectivity index is 2.21. The van der Waals surface area contributed by atoms with Gasteiger partial charge in [-0.05, 0) is 18.4 Å². The molecule has 2 aromatic rings. The molecule has 1 N–H and O–H groups in total. The van der Waals surface area contributed by atoms with Crippen LogP contribution in [0.25, 0.3) is 0 Å². The van der Waals surface area contributed by atoms with Crippen molar-refractivity contribution in [2.24, 2.45) is 0 Å². The maximum Gasteiger partial charge on any atom is 0.327 e. The van der Waals surface area contributed by atoms with E-state index in [4.69, 9.17) is 11.6 Å². The second-order valence-electron chi connectivity index (χ2n) is 4.29. The molecule has 6 nitrogen and oxygen atoms in total. The standard InChI is InChI=1S/C13H14ClN3O3S/c1-8(10-4-3-5-21-10)16-9-6-15-17(7-11(18)20-2)13(19)12(9)14/h3-6,8,16H,7H2,1-2H3. The van der Waals surface area contributed by atoms with Gasteiger partial charge in [0, 0.05) is 4.88 Å². The molecule has 0 aliphatic heterocycles. The van der Waals surface area contributed by atoms with Crippen LogP contribution in [0.2, 0.25) is 5.02 Å². The summed E-state index contributed by atoms with van der Waals surface area (Å²) in [7, 11) is 1.24. The van der Waals surface area contributed by atoms with Gasteiger partial charge in [-0.25, -0.2) is 4.68 Å². The third-order valence-corrected chi connectivity index (χ3v) is 4.25. The summed E-state index contributed by atoms with van der Waals surface area (Å²) in [4.78, 5) is 24.3. The second-order valence-corrected chi connectivity index (χ2v) is 5.65. The molecule has 112 valence electrons. The lowest BCUT2D eigenvalue weighted by Crippen LogP contribution is -2.28. The summed E-state index contributed by atoms with van der Waals surface area (Å²) in [5.74, 6) is -0.562. The van der Waals surface area contributed by atoms with Gasteiger partial charge in [0.15, 0.2) is 0 Å². The number of carbonyl (C=O) groups excluding carboxylic acids is 1. The van der Waals surface area contributed by atoms with Gasteiger partial charge in [0.05, 0.1) is 25.0 Å². The van der Waals surface area contributed by atoms with Gasteiger partial charge in [-0.3, -0.25) is 9.59 Å². The Morgan fingerprint density at radius 2 is 2.38 bits per heavy atom. The Morgan fingerprint density at radius 3 is 3.00 bits per heavy atom. The number of thiophene rings is 1. The number of esters is 1. The van der Waals surface area contributed by atoms with Crippen molar-refractivity contribution in [1.29, 1.82) is 0 Å². The zero-order chi connectivity index (χ0) is 15.4. The summed E-state index contributed by atoms with van der Waals surface area (Å²) in [6.45, 7) is 1.69. The molecule has 8 heteroatoms. The summed E-state index contributed by atoms with van der Waals surface area (Å²) in [6.07, 6.45) is 1.43. The van der Waals surface area contributed by atoms with Gasteiger partial charge in [0.2, 0.25) is 0 Å². The lowest BCUT2D eigenvalue weighted by atomic mass is 10.2. The van der Waals surface area contributed by atoms with Crippen LogP contribution in [0.5, 0.6) is 0 Å². The maximum atomic E-state index is 12.0. The molecule has 0 amide bonds. The molecule has 0 saturated carbocycles. The average Bonchev–Trinajstić information content (AvgIpc) is 3.01. The van der Waals surface area contributed by atoms with Gasteiger partial charge in [0.25, 0.3) is 5.56 Å². The molecule has 0 radical (unpaired) electrons. The number of nitrogens with one attached hydrogen (secondary N) is 1. The molecule has 0 saturated heterocycles. The van der Waals surface area contributed by atoms with Crippen molar-refractivity contribution in [3.8, 4) is 0 Å². The van der Waals surface area contributed by atoms with E-state index in [1.807, 2.05) is 24.4 Å². The summed E-state index contributed by atoms with van der Waals surface area (Å²) in [5.41, 5.74) is -0.103. The van der Waals surface area contributed by atoms with Crippen LogP contribution in [-0.2, 0) is 16.1 Å². The minimum atomic E-state index is -0.562. The minimum Gasteiger partial charge on any atom is -0.468 e. The summed E-state index contributed by atoms with van der Waals surface area (Å²) in [5, 5.41) is 9.03. The van der Waals surface area contributed by atoms with Crippen LogP contribution in [0.15, 0.2) is 28.5 Å². The van der Waals surface area contributed by atoms with Gasteiger partial charge >= 0.3 is 5.97 Å². The molecule has 0 aromatic carbocycles. The molecular weight excluding hydrogens is 314 g/mol. The highest BCUT2D eigenvalue weighted by molar-refractivity contribution is 7.10. The van der Waals surface area contributed by atoms with Gasteiger partial charge in [-0.1, -0.05) is 17.7 Å². The zero-order valence-electron chi connectivity index (χ0n) is 11.5. The number of aromatic nitrogens is 2. The fourth-order valence-corrected chi connectivity index (χ4v) is 2.64. The molecule has 21 heavy (non-hydrogen) atoms. The predicted octanol–water partition coefficient (Wildman–Crippen LogP) is 2.30. The molecule has 1 atom stereocenters. The quantitative estimate of drug-likeness (QED) is 0.853. The first-order chi connectivity index (χ1) is 10.0. The molecule has 0 aliphatic carbocycles. The molecule has 0 spiro atoms. The molecule has 0 fully saturated rings. The summed E-state index contributed by atoms with van der Waals surface area (Å²) >= 11 is 7.65. The Labute approximate surface area is 130 Å². The largest absolute Gasteiger partial charge is 0.468 e. The third-order valence-electron chi connectivity index (χ3n) is 2.83. The Hall–Kier alpha value is -1.86. The van der Waals surface area contributed by atoms with Crippen molar-refractivity contribution in [3.63, 3.8) is 0 Å². The van der Waals surface area contributed by atoms with E-state index in [9.17, 15) is 9.59 Å². The fraction of sp³-hybridized carbons (Fsp3) is 0.308. The molecule has 0 bridgehead atoms. The zero-order valence-corrected chi connectivity index (χ0v) is 13.1. The van der Waals surface area contributed by atoms with E-state index in [1.165, 1.54) is 13.3 Å². The molecular formula is C13H14ClN3O3S. The van der Waals surface area contributed by atoms with Crippen molar-refractivity contribution < 1.29 is 9.53 Å². The molecule has 1 unspecified atom stereocenters. The van der Waals surface area contributed by atoms with E-state index in [0.29, 0.717) is 5.69 Å². The fourth-order valence-electron chi connectivity index (χ4n) is 1.71. The number of methoxy groups -OCH3 is 1. The maximum absolute atomic E-state index is 12.0. The number of rotatable bonds is 5. The first kappa shape index (κ1) is 15.5. The Morgan fingerprint density at radius 1 is 1.62 bits per heavy atom. The highest BCUT2D eigenvalue weighted by Crippen LogP contribution is 2.25. The van der Waals surface area contributed by atoms with Crippen LogP contribution in [0, 0.1) is 0 Å². The van der Waals surface area contributed by atoms with E-state index >= 15 is 0 Å². The van der Waals surface area contributed by atoms with Crippen LogP contribution < -0.4 is 10.9 Å². The highest BCUT2D eigenvalue weighted by Gasteiger charge is 2.14. The van der Waals surface area contributed by atoms with Crippen LogP contribution >= 0.6 is 22.9 Å². The molecule has 2 aromatic heterocycles. The van der Waals surface area contributed by atoms with Crippen molar-refractivity contribution in [2.75, 3.05) is 12.4 Å². The summed E-state index contributed by atoms with van der Waals surface area (Å²) in [6, 6.07) is 3.94. The van der Waals surface area contributed by atoms with Crippen molar-refractivity contribution in [1.82, 2.24) is 9.78 Å². The van der Waals surface area contributed by atoms with E-state index in [0.717, 1.165) is 9.56 Å². The molecule has 2 heterocycles. The predicted molar refractivity (Wildman–Crippen MR) is 81.9 cm³/mol.